The Hall–Kier alpha value is -1.89. The van der Waals surface area contributed by atoms with Crippen LogP contribution in [0, 0.1) is 0 Å². The summed E-state index contributed by atoms with van der Waals surface area (Å²) >= 11 is 0. The molecule has 2 aromatic rings. The van der Waals surface area contributed by atoms with Crippen molar-refractivity contribution < 1.29 is 9.53 Å². The van der Waals surface area contributed by atoms with Gasteiger partial charge in [0.05, 0.1) is 12.6 Å². The zero-order chi connectivity index (χ0) is 16.1. The second-order valence-corrected chi connectivity index (χ2v) is 5.80. The van der Waals surface area contributed by atoms with Gasteiger partial charge in [0.25, 0.3) is 0 Å². The fraction of sp³-hybridized carbons (Fsp3) is 0.412. The van der Waals surface area contributed by atoms with Gasteiger partial charge in [-0.05, 0) is 30.0 Å². The molecule has 1 saturated heterocycles. The molecular formula is C17H23ClN4O2. The molecule has 0 saturated carbocycles. The molecule has 1 aliphatic heterocycles. The molecule has 0 radical (unpaired) electrons. The van der Waals surface area contributed by atoms with Gasteiger partial charge in [-0.3, -0.25) is 9.48 Å². The van der Waals surface area contributed by atoms with Crippen molar-refractivity contribution in [3.8, 4) is 0 Å². The highest BCUT2D eigenvalue weighted by molar-refractivity contribution is 5.85. The van der Waals surface area contributed by atoms with E-state index in [4.69, 9.17) is 10.5 Å². The SMILES string of the molecule is Cl.NC[C@H]1CC[C@@H](C(=O)NCc2ccc(Cn3cccn3)cc2)O1. The number of halogens is 1. The highest BCUT2D eigenvalue weighted by atomic mass is 35.5. The van der Waals surface area contributed by atoms with E-state index in [1.54, 1.807) is 6.20 Å². The highest BCUT2D eigenvalue weighted by Gasteiger charge is 2.29. The summed E-state index contributed by atoms with van der Waals surface area (Å²) in [6.45, 7) is 1.73. The quantitative estimate of drug-likeness (QED) is 0.826. The Balaban J connectivity index is 0.00000208. The van der Waals surface area contributed by atoms with Gasteiger partial charge in [0, 0.05) is 25.5 Å². The number of hydrogen-bond acceptors (Lipinski definition) is 4. The molecule has 0 spiro atoms. The molecule has 2 atom stereocenters. The van der Waals surface area contributed by atoms with Crippen molar-refractivity contribution in [3.63, 3.8) is 0 Å². The van der Waals surface area contributed by atoms with E-state index in [-0.39, 0.29) is 30.5 Å². The van der Waals surface area contributed by atoms with Crippen molar-refractivity contribution in [2.75, 3.05) is 6.54 Å². The second-order valence-electron chi connectivity index (χ2n) is 5.80. The monoisotopic (exact) mass is 350 g/mol. The third-order valence-electron chi connectivity index (χ3n) is 4.06. The van der Waals surface area contributed by atoms with E-state index in [0.29, 0.717) is 13.1 Å². The molecule has 0 unspecified atom stereocenters. The number of amides is 1. The van der Waals surface area contributed by atoms with Crippen molar-refractivity contribution >= 4 is 18.3 Å². The topological polar surface area (TPSA) is 82.2 Å². The fourth-order valence-electron chi connectivity index (χ4n) is 2.72. The second kappa shape index (κ2) is 8.82. The van der Waals surface area contributed by atoms with Gasteiger partial charge in [0.15, 0.2) is 0 Å². The first kappa shape index (κ1) is 18.4. The number of rotatable bonds is 6. The first-order valence-electron chi connectivity index (χ1n) is 7.93. The molecule has 0 aliphatic carbocycles. The van der Waals surface area contributed by atoms with E-state index in [1.165, 1.54) is 5.56 Å². The van der Waals surface area contributed by atoms with E-state index in [2.05, 4.69) is 22.5 Å². The zero-order valence-electron chi connectivity index (χ0n) is 13.4. The third-order valence-corrected chi connectivity index (χ3v) is 4.06. The van der Waals surface area contributed by atoms with Crippen molar-refractivity contribution in [1.29, 1.82) is 0 Å². The Morgan fingerprint density at radius 3 is 2.67 bits per heavy atom. The van der Waals surface area contributed by atoms with E-state index in [1.807, 2.05) is 29.1 Å². The molecular weight excluding hydrogens is 328 g/mol. The van der Waals surface area contributed by atoms with E-state index in [0.717, 1.165) is 24.9 Å². The number of carbonyl (C=O) groups excluding carboxylic acids is 1. The summed E-state index contributed by atoms with van der Waals surface area (Å²) < 4.78 is 7.47. The Morgan fingerprint density at radius 1 is 1.29 bits per heavy atom. The lowest BCUT2D eigenvalue weighted by Crippen LogP contribution is -2.35. The van der Waals surface area contributed by atoms with Crippen LogP contribution in [0.15, 0.2) is 42.7 Å². The van der Waals surface area contributed by atoms with Crippen molar-refractivity contribution in [2.24, 2.45) is 5.73 Å². The molecule has 1 amide bonds. The molecule has 6 nitrogen and oxygen atoms in total. The van der Waals surface area contributed by atoms with Gasteiger partial charge in [-0.25, -0.2) is 0 Å². The summed E-state index contributed by atoms with van der Waals surface area (Å²) in [5, 5.41) is 7.12. The molecule has 1 aromatic carbocycles. The fourth-order valence-corrected chi connectivity index (χ4v) is 2.72. The van der Waals surface area contributed by atoms with Crippen LogP contribution < -0.4 is 11.1 Å². The molecule has 0 bridgehead atoms. The van der Waals surface area contributed by atoms with Gasteiger partial charge in [0.2, 0.25) is 5.91 Å². The van der Waals surface area contributed by atoms with Gasteiger partial charge in [-0.2, -0.15) is 5.10 Å². The van der Waals surface area contributed by atoms with E-state index >= 15 is 0 Å². The molecule has 1 fully saturated rings. The summed E-state index contributed by atoms with van der Waals surface area (Å²) in [6, 6.07) is 10.1. The lowest BCUT2D eigenvalue weighted by Gasteiger charge is -2.13. The number of benzene rings is 1. The minimum atomic E-state index is -0.359. The van der Waals surface area contributed by atoms with E-state index in [9.17, 15) is 4.79 Å². The van der Waals surface area contributed by atoms with Gasteiger partial charge < -0.3 is 15.8 Å². The number of nitrogens with zero attached hydrogens (tertiary/aromatic N) is 2. The van der Waals surface area contributed by atoms with Crippen LogP contribution >= 0.6 is 12.4 Å². The number of aromatic nitrogens is 2. The number of carbonyl (C=O) groups is 1. The summed E-state index contributed by atoms with van der Waals surface area (Å²) in [6.07, 6.45) is 4.97. The number of hydrogen-bond donors (Lipinski definition) is 2. The van der Waals surface area contributed by atoms with Crippen molar-refractivity contribution in [1.82, 2.24) is 15.1 Å². The molecule has 24 heavy (non-hydrogen) atoms. The van der Waals surface area contributed by atoms with E-state index < -0.39 is 0 Å². The minimum Gasteiger partial charge on any atom is -0.364 e. The van der Waals surface area contributed by atoms with Gasteiger partial charge in [0.1, 0.15) is 6.10 Å². The predicted octanol–water partition coefficient (Wildman–Crippen LogP) is 1.48. The lowest BCUT2D eigenvalue weighted by atomic mass is 10.1. The van der Waals surface area contributed by atoms with Crippen LogP contribution in [-0.4, -0.2) is 34.4 Å². The Labute approximate surface area is 147 Å². The molecule has 130 valence electrons. The molecule has 1 aromatic heterocycles. The van der Waals surface area contributed by atoms with Crippen LogP contribution in [0.2, 0.25) is 0 Å². The van der Waals surface area contributed by atoms with Gasteiger partial charge >= 0.3 is 0 Å². The predicted molar refractivity (Wildman–Crippen MR) is 93.8 cm³/mol. The molecule has 7 heteroatoms. The lowest BCUT2D eigenvalue weighted by molar-refractivity contribution is -0.132. The molecule has 1 aliphatic rings. The van der Waals surface area contributed by atoms with Crippen LogP contribution in [0.4, 0.5) is 0 Å². The average Bonchev–Trinajstić information content (AvgIpc) is 3.25. The average molecular weight is 351 g/mol. The maximum absolute atomic E-state index is 12.1. The third kappa shape index (κ3) is 4.80. The zero-order valence-corrected chi connectivity index (χ0v) is 14.2. The van der Waals surface area contributed by atoms with Crippen LogP contribution in [0.25, 0.3) is 0 Å². The van der Waals surface area contributed by atoms with Crippen LogP contribution in [0.1, 0.15) is 24.0 Å². The summed E-state index contributed by atoms with van der Waals surface area (Å²) in [5.74, 6) is -0.0541. The largest absolute Gasteiger partial charge is 0.364 e. The Bertz CT molecular complexity index is 631. The highest BCUT2D eigenvalue weighted by Crippen LogP contribution is 2.19. The maximum atomic E-state index is 12.1. The summed E-state index contributed by atoms with van der Waals surface area (Å²) in [7, 11) is 0. The summed E-state index contributed by atoms with van der Waals surface area (Å²) in [5.41, 5.74) is 7.80. The first-order valence-corrected chi connectivity index (χ1v) is 7.93. The number of nitrogens with one attached hydrogen (secondary N) is 1. The van der Waals surface area contributed by atoms with Crippen molar-refractivity contribution in [2.45, 2.75) is 38.1 Å². The van der Waals surface area contributed by atoms with Crippen LogP contribution in [-0.2, 0) is 22.6 Å². The Kier molecular flexibility index (Phi) is 6.78. The van der Waals surface area contributed by atoms with Crippen LogP contribution in [0.3, 0.4) is 0 Å². The first-order chi connectivity index (χ1) is 11.2. The number of nitrogens with two attached hydrogens (primary N) is 1. The summed E-state index contributed by atoms with van der Waals surface area (Å²) in [4.78, 5) is 12.1. The minimum absolute atomic E-state index is 0. The van der Waals surface area contributed by atoms with Crippen LogP contribution in [0.5, 0.6) is 0 Å². The maximum Gasteiger partial charge on any atom is 0.249 e. The molecule has 3 N–H and O–H groups in total. The Morgan fingerprint density at radius 2 is 2.04 bits per heavy atom. The standard InChI is InChI=1S/C17H22N4O2.ClH/c18-10-15-6-7-16(23-15)17(22)19-11-13-2-4-14(5-3-13)12-21-9-1-8-20-21;/h1-5,8-9,15-16H,6-7,10-12,18H2,(H,19,22);1H/t15-,16+;/m1./s1. The molecule has 2 heterocycles. The van der Waals surface area contributed by atoms with Gasteiger partial charge in [-0.15, -0.1) is 12.4 Å². The van der Waals surface area contributed by atoms with Crippen molar-refractivity contribution in [3.05, 3.63) is 53.9 Å². The van der Waals surface area contributed by atoms with Gasteiger partial charge in [-0.1, -0.05) is 24.3 Å². The molecule has 3 rings (SSSR count). The smallest absolute Gasteiger partial charge is 0.249 e. The number of ether oxygens (including phenoxy) is 1. The normalized spacial score (nSPS) is 19.7.